The molecule has 17 nitrogen and oxygen atoms in total. The van der Waals surface area contributed by atoms with Gasteiger partial charge in [-0.2, -0.15) is 28.1 Å². The lowest BCUT2D eigenvalue weighted by Crippen LogP contribution is -2.51. The number of aromatic nitrogens is 3. The first-order chi connectivity index (χ1) is 27.3. The smallest absolute Gasteiger partial charge is 0.422 e. The Hall–Kier alpha value is -5.92. The third-order valence-electron chi connectivity index (χ3n) is 8.88. The second kappa shape index (κ2) is 18.1. The van der Waals surface area contributed by atoms with Gasteiger partial charge in [0.25, 0.3) is 5.91 Å². The molecule has 1 aliphatic carbocycles. The van der Waals surface area contributed by atoms with Crippen LogP contribution in [0, 0.1) is 5.92 Å². The van der Waals surface area contributed by atoms with Crippen molar-refractivity contribution >= 4 is 59.0 Å². The number of anilines is 3. The van der Waals surface area contributed by atoms with E-state index in [0.717, 1.165) is 5.56 Å². The van der Waals surface area contributed by atoms with Gasteiger partial charge in [0, 0.05) is 42.5 Å². The number of halogens is 4. The van der Waals surface area contributed by atoms with Crippen LogP contribution in [0.3, 0.4) is 0 Å². The van der Waals surface area contributed by atoms with Crippen LogP contribution in [0.5, 0.6) is 6.01 Å². The third kappa shape index (κ3) is 12.8. The molecule has 2 fully saturated rings. The Kier molecular flexibility index (Phi) is 13.5. The average Bonchev–Trinajstić information content (AvgIpc) is 3.94. The van der Waals surface area contributed by atoms with E-state index in [1.807, 2.05) is 12.1 Å². The quantitative estimate of drug-likeness (QED) is 0.124. The molecule has 2 aliphatic rings. The number of nitrogens with zero attached hydrogens (tertiary/aromatic N) is 4. The summed E-state index contributed by atoms with van der Waals surface area (Å²) in [5.74, 6) is -4.80. The number of carbonyl (C=O) groups is 5. The van der Waals surface area contributed by atoms with Gasteiger partial charge in [0.2, 0.25) is 11.9 Å². The van der Waals surface area contributed by atoms with Crippen LogP contribution in [0.15, 0.2) is 48.5 Å². The molecular weight excluding hydrogens is 791 g/mol. The molecule has 2 atom stereocenters. The number of hydrogen-bond acceptors (Lipinski definition) is 12. The Morgan fingerprint density at radius 3 is 2.22 bits per heavy atom. The monoisotopic (exact) mass is 833 g/mol. The highest BCUT2D eigenvalue weighted by molar-refractivity contribution is 6.35. The van der Waals surface area contributed by atoms with Crippen molar-refractivity contribution in [1.82, 2.24) is 35.8 Å². The number of rotatable bonds is 14. The van der Waals surface area contributed by atoms with Crippen molar-refractivity contribution in [1.29, 1.82) is 0 Å². The van der Waals surface area contributed by atoms with Crippen LogP contribution in [0.1, 0.15) is 62.4 Å². The number of benzene rings is 2. The first-order valence-electron chi connectivity index (χ1n) is 18.2. The van der Waals surface area contributed by atoms with Gasteiger partial charge in [-0.1, -0.05) is 23.7 Å². The van der Waals surface area contributed by atoms with Crippen molar-refractivity contribution in [2.24, 2.45) is 5.92 Å². The molecule has 0 bridgehead atoms. The molecule has 1 saturated carbocycles. The summed E-state index contributed by atoms with van der Waals surface area (Å²) in [7, 11) is 0. The molecule has 312 valence electrons. The molecule has 2 aromatic carbocycles. The van der Waals surface area contributed by atoms with Crippen LogP contribution in [-0.2, 0) is 24.7 Å². The fraction of sp³-hybridized carbons (Fsp3) is 0.459. The normalized spacial score (nSPS) is 16.6. The molecule has 1 aliphatic heterocycles. The highest BCUT2D eigenvalue weighted by Crippen LogP contribution is 2.48. The maximum absolute atomic E-state index is 13.0. The average molecular weight is 834 g/mol. The number of carbonyl (C=O) groups excluding carboxylic acids is 4. The maximum Gasteiger partial charge on any atom is 0.422 e. The molecule has 1 aromatic heterocycles. The van der Waals surface area contributed by atoms with Crippen molar-refractivity contribution in [3.8, 4) is 6.01 Å². The number of nitrogens with one attached hydrogen (secondary N) is 5. The summed E-state index contributed by atoms with van der Waals surface area (Å²) in [5, 5.41) is 23.2. The summed E-state index contributed by atoms with van der Waals surface area (Å²) in [6.07, 6.45) is -2.36. The van der Waals surface area contributed by atoms with Crippen molar-refractivity contribution in [3.05, 3.63) is 64.7 Å². The lowest BCUT2D eigenvalue weighted by Gasteiger charge is -2.34. The number of piperidine rings is 1. The summed E-state index contributed by atoms with van der Waals surface area (Å²) in [4.78, 5) is 76.1. The fourth-order valence-electron chi connectivity index (χ4n) is 5.87. The van der Waals surface area contributed by atoms with Crippen molar-refractivity contribution in [2.75, 3.05) is 43.4 Å². The van der Waals surface area contributed by atoms with E-state index in [4.69, 9.17) is 21.1 Å². The van der Waals surface area contributed by atoms with Crippen LogP contribution in [0.4, 0.5) is 35.5 Å². The third-order valence-corrected chi connectivity index (χ3v) is 9.13. The zero-order valence-corrected chi connectivity index (χ0v) is 32.5. The van der Waals surface area contributed by atoms with Crippen molar-refractivity contribution < 1.29 is 51.7 Å². The van der Waals surface area contributed by atoms with Gasteiger partial charge >= 0.3 is 36.1 Å². The number of carboxylic acids is 1. The SMILES string of the molecule is CC(C)(C)OC(=O)N1CCCC(CNC(=O)C(=O)NC[C@H](NC(=O)c2ccc(Nc3nc(NC4(c5ccc(Cl)cc5)CC4)nc(OCC(F)(F)F)n3)cc2)C(=O)O)C1. The number of ether oxygens (including phenoxy) is 2. The fourth-order valence-corrected chi connectivity index (χ4v) is 5.99. The minimum Gasteiger partial charge on any atom is -0.480 e. The summed E-state index contributed by atoms with van der Waals surface area (Å²) in [6, 6.07) is 10.4. The Morgan fingerprint density at radius 2 is 1.60 bits per heavy atom. The van der Waals surface area contributed by atoms with Gasteiger partial charge in [0.05, 0.1) is 5.54 Å². The number of likely N-dealkylation sites (tertiary alicyclic amines) is 1. The Morgan fingerprint density at radius 1 is 0.948 bits per heavy atom. The van der Waals surface area contributed by atoms with Crippen LogP contribution >= 0.6 is 11.6 Å². The zero-order valence-electron chi connectivity index (χ0n) is 31.7. The van der Waals surface area contributed by atoms with E-state index in [2.05, 4.69) is 41.5 Å². The predicted octanol–water partition coefficient (Wildman–Crippen LogP) is 4.37. The molecule has 0 radical (unpaired) electrons. The largest absolute Gasteiger partial charge is 0.480 e. The van der Waals surface area contributed by atoms with E-state index < -0.39 is 72.3 Å². The lowest BCUT2D eigenvalue weighted by atomic mass is 9.98. The molecule has 4 amide bonds. The van der Waals surface area contributed by atoms with Crippen molar-refractivity contribution in [3.63, 3.8) is 0 Å². The van der Waals surface area contributed by atoms with Gasteiger partial charge in [-0.05, 0) is 94.3 Å². The van der Waals surface area contributed by atoms with Crippen LogP contribution in [-0.4, -0.2) is 105 Å². The first-order valence-corrected chi connectivity index (χ1v) is 18.6. The standard InChI is InChI=1S/C37H43ClF3N9O8/c1-35(2,3)58-34(56)50-16-4-5-21(19-50)17-42-28(52)29(53)43-18-26(30(54)55)45-27(51)22-6-12-25(13-7-22)44-31-46-32(48-33(47-31)57-20-37(39,40)41)49-36(14-15-36)23-8-10-24(38)11-9-23/h6-13,21,26H,4-5,14-20H2,1-3H3,(H,42,52)(H,43,53)(H,45,51)(H,54,55)(H2,44,46,47,48,49)/t21?,26-/m0/s1. The predicted molar refractivity (Wildman–Crippen MR) is 203 cm³/mol. The number of hydrogen-bond donors (Lipinski definition) is 6. The summed E-state index contributed by atoms with van der Waals surface area (Å²) in [6.45, 7) is 3.94. The number of alkyl halides is 3. The van der Waals surface area contributed by atoms with Gasteiger partial charge in [-0.3, -0.25) is 14.4 Å². The molecule has 5 rings (SSSR count). The summed E-state index contributed by atoms with van der Waals surface area (Å²) >= 11 is 6.02. The topological polar surface area (TPSA) is 226 Å². The zero-order chi connectivity index (χ0) is 42.3. The van der Waals surface area contributed by atoms with Crippen LogP contribution in [0.2, 0.25) is 5.02 Å². The first kappa shape index (κ1) is 43.2. The molecule has 58 heavy (non-hydrogen) atoms. The van der Waals surface area contributed by atoms with E-state index in [-0.39, 0.29) is 29.9 Å². The summed E-state index contributed by atoms with van der Waals surface area (Å²) < 4.78 is 49.1. The minimum absolute atomic E-state index is 0.0135. The second-order valence-electron chi connectivity index (χ2n) is 14.8. The highest BCUT2D eigenvalue weighted by Gasteiger charge is 2.45. The minimum atomic E-state index is -4.66. The van der Waals surface area contributed by atoms with E-state index in [9.17, 15) is 42.3 Å². The molecular formula is C37H43ClF3N9O8. The van der Waals surface area contributed by atoms with Crippen LogP contribution in [0.25, 0.3) is 0 Å². The number of aliphatic carboxylic acids is 1. The molecule has 21 heteroatoms. The molecule has 3 aromatic rings. The van der Waals surface area contributed by atoms with E-state index in [1.54, 1.807) is 37.8 Å². The Balaban J connectivity index is 1.15. The molecule has 1 unspecified atom stereocenters. The van der Waals surface area contributed by atoms with Crippen LogP contribution < -0.4 is 31.3 Å². The second-order valence-corrected chi connectivity index (χ2v) is 15.2. The molecule has 0 spiro atoms. The number of amides is 4. The van der Waals surface area contributed by atoms with E-state index in [1.165, 1.54) is 24.3 Å². The lowest BCUT2D eigenvalue weighted by molar-refractivity contribution is -0.154. The summed E-state index contributed by atoms with van der Waals surface area (Å²) in [5.41, 5.74) is -0.0571. The molecule has 2 heterocycles. The van der Waals surface area contributed by atoms with Gasteiger partial charge in [-0.25, -0.2) is 9.59 Å². The van der Waals surface area contributed by atoms with Gasteiger partial charge in [0.15, 0.2) is 6.61 Å². The number of carboxylic acid groups (broad SMARTS) is 1. The Labute approximate surface area is 335 Å². The Bertz CT molecular complexity index is 1980. The molecule has 6 N–H and O–H groups in total. The van der Waals surface area contributed by atoms with E-state index in [0.29, 0.717) is 49.5 Å². The maximum atomic E-state index is 13.0. The van der Waals surface area contributed by atoms with Gasteiger partial charge in [0.1, 0.15) is 11.6 Å². The van der Waals surface area contributed by atoms with Crippen molar-refractivity contribution in [2.45, 2.75) is 69.8 Å². The highest BCUT2D eigenvalue weighted by atomic mass is 35.5. The van der Waals surface area contributed by atoms with E-state index >= 15 is 0 Å². The van der Waals surface area contributed by atoms with Gasteiger partial charge < -0.3 is 46.1 Å². The van der Waals surface area contributed by atoms with Gasteiger partial charge in [-0.15, -0.1) is 0 Å². The molecule has 1 saturated heterocycles.